The molecule has 1 N–H and O–H groups in total. The highest BCUT2D eigenvalue weighted by Gasteiger charge is 2.25. The fourth-order valence-electron chi connectivity index (χ4n) is 5.19. The Morgan fingerprint density at radius 2 is 1.90 bits per heavy atom. The minimum Gasteiger partial charge on any atom is -0.367 e. The van der Waals surface area contributed by atoms with Gasteiger partial charge in [-0.05, 0) is 88.4 Å². The summed E-state index contributed by atoms with van der Waals surface area (Å²) < 4.78 is 14.2. The van der Waals surface area contributed by atoms with E-state index in [1.54, 1.807) is 6.07 Å². The largest absolute Gasteiger partial charge is 0.367 e. The van der Waals surface area contributed by atoms with Gasteiger partial charge in [-0.25, -0.2) is 4.39 Å². The second-order valence-corrected chi connectivity index (χ2v) is 9.38. The first-order chi connectivity index (χ1) is 14.6. The molecule has 1 aromatic rings. The van der Waals surface area contributed by atoms with E-state index in [4.69, 9.17) is 0 Å². The van der Waals surface area contributed by atoms with E-state index in [9.17, 15) is 9.18 Å². The van der Waals surface area contributed by atoms with Gasteiger partial charge < -0.3 is 10.2 Å². The average Bonchev–Trinajstić information content (AvgIpc) is 3.31. The Morgan fingerprint density at radius 3 is 2.60 bits per heavy atom. The monoisotopic (exact) mass is 413 g/mol. The van der Waals surface area contributed by atoms with Gasteiger partial charge in [0, 0.05) is 37.8 Å². The van der Waals surface area contributed by atoms with Crippen molar-refractivity contribution in [2.45, 2.75) is 64.3 Å². The molecule has 1 heterocycles. The second kappa shape index (κ2) is 9.95. The Hall–Kier alpha value is -1.88. The first kappa shape index (κ1) is 21.4. The molecule has 0 unspecified atom stereocenters. The number of hydrogen-bond acceptors (Lipinski definition) is 3. The van der Waals surface area contributed by atoms with Crippen LogP contribution in [-0.2, 0) is 4.79 Å². The summed E-state index contributed by atoms with van der Waals surface area (Å²) in [4.78, 5) is 17.0. The molecule has 1 aliphatic heterocycles. The van der Waals surface area contributed by atoms with Gasteiger partial charge >= 0.3 is 0 Å². The molecule has 164 valence electrons. The van der Waals surface area contributed by atoms with E-state index in [0.29, 0.717) is 6.04 Å². The molecule has 1 aromatic carbocycles. The lowest BCUT2D eigenvalue weighted by molar-refractivity contribution is -0.118. The summed E-state index contributed by atoms with van der Waals surface area (Å²) in [5.74, 6) is 0.845. The van der Waals surface area contributed by atoms with Gasteiger partial charge in [0.2, 0.25) is 5.91 Å². The van der Waals surface area contributed by atoms with Crippen LogP contribution in [-0.4, -0.2) is 49.6 Å². The highest BCUT2D eigenvalue weighted by Crippen LogP contribution is 2.28. The molecule has 2 fully saturated rings. The van der Waals surface area contributed by atoms with E-state index in [-0.39, 0.29) is 11.7 Å². The number of aryl methyl sites for hydroxylation is 1. The third-order valence-corrected chi connectivity index (χ3v) is 7.18. The van der Waals surface area contributed by atoms with Crippen molar-refractivity contribution in [3.05, 3.63) is 41.2 Å². The minimum absolute atomic E-state index is 0.109. The first-order valence-electron chi connectivity index (χ1n) is 11.8. The van der Waals surface area contributed by atoms with Crippen molar-refractivity contribution >= 4 is 11.6 Å². The molecule has 4 nitrogen and oxygen atoms in total. The van der Waals surface area contributed by atoms with Gasteiger partial charge in [0.15, 0.2) is 0 Å². The zero-order valence-electron chi connectivity index (χ0n) is 18.3. The number of allylic oxidation sites excluding steroid dienone is 1. The van der Waals surface area contributed by atoms with Crippen LogP contribution in [0.2, 0.25) is 0 Å². The van der Waals surface area contributed by atoms with E-state index < -0.39 is 0 Å². The van der Waals surface area contributed by atoms with Crippen molar-refractivity contribution in [1.82, 2.24) is 10.2 Å². The number of hydrogen-bond donors (Lipinski definition) is 1. The average molecular weight is 414 g/mol. The van der Waals surface area contributed by atoms with E-state index in [0.717, 1.165) is 87.6 Å². The van der Waals surface area contributed by atoms with Crippen LogP contribution in [0.5, 0.6) is 0 Å². The molecule has 1 saturated heterocycles. The van der Waals surface area contributed by atoms with Crippen LogP contribution in [0.15, 0.2) is 29.8 Å². The molecule has 0 bridgehead atoms. The Balaban J connectivity index is 1.14. The van der Waals surface area contributed by atoms with Crippen molar-refractivity contribution in [3.8, 4) is 0 Å². The maximum Gasteiger partial charge on any atom is 0.247 e. The van der Waals surface area contributed by atoms with Gasteiger partial charge in [-0.1, -0.05) is 12.1 Å². The van der Waals surface area contributed by atoms with Gasteiger partial charge in [-0.3, -0.25) is 9.69 Å². The fourth-order valence-corrected chi connectivity index (χ4v) is 5.19. The molecule has 4 rings (SSSR count). The molecular weight excluding hydrogens is 377 g/mol. The molecule has 3 aliphatic rings. The summed E-state index contributed by atoms with van der Waals surface area (Å²) in [6, 6.07) is 5.75. The maximum absolute atomic E-state index is 14.2. The van der Waals surface area contributed by atoms with Crippen LogP contribution < -0.4 is 10.2 Å². The van der Waals surface area contributed by atoms with Crippen molar-refractivity contribution in [3.63, 3.8) is 0 Å². The molecule has 5 heteroatoms. The van der Waals surface area contributed by atoms with Crippen molar-refractivity contribution in [2.75, 3.05) is 37.6 Å². The summed E-state index contributed by atoms with van der Waals surface area (Å²) in [6.07, 6.45) is 11.2. The fraction of sp³-hybridized carbons (Fsp3) is 0.640. The lowest BCUT2D eigenvalue weighted by Crippen LogP contribution is -2.47. The van der Waals surface area contributed by atoms with Gasteiger partial charge in [0.05, 0.1) is 5.69 Å². The second-order valence-electron chi connectivity index (χ2n) is 9.38. The van der Waals surface area contributed by atoms with E-state index in [1.807, 2.05) is 19.1 Å². The smallest absolute Gasteiger partial charge is 0.247 e. The van der Waals surface area contributed by atoms with Crippen LogP contribution in [0, 0.1) is 18.7 Å². The number of carbonyl (C=O) groups is 1. The number of benzene rings is 1. The predicted octanol–water partition coefficient (Wildman–Crippen LogP) is 4.43. The van der Waals surface area contributed by atoms with E-state index >= 15 is 0 Å². The highest BCUT2D eigenvalue weighted by molar-refractivity contribution is 5.93. The van der Waals surface area contributed by atoms with Crippen molar-refractivity contribution in [1.29, 1.82) is 0 Å². The predicted molar refractivity (Wildman–Crippen MR) is 120 cm³/mol. The summed E-state index contributed by atoms with van der Waals surface area (Å²) in [6.45, 7) is 6.97. The number of piperazine rings is 1. The molecule has 0 spiro atoms. The number of anilines is 1. The minimum atomic E-state index is -0.109. The third-order valence-electron chi connectivity index (χ3n) is 7.18. The number of halogens is 1. The van der Waals surface area contributed by atoms with E-state index in [1.165, 1.54) is 19.3 Å². The quantitative estimate of drug-likeness (QED) is 0.749. The van der Waals surface area contributed by atoms with Gasteiger partial charge in [0.1, 0.15) is 5.82 Å². The van der Waals surface area contributed by atoms with Gasteiger partial charge in [0.25, 0.3) is 0 Å². The third kappa shape index (κ3) is 5.42. The zero-order valence-corrected chi connectivity index (χ0v) is 18.3. The SMILES string of the molecule is Cc1ccc(F)c(N2CCN(CC[C@H]3CC[C@H](NC(=O)C4=CCCC4)CC3)CC2)c1. The lowest BCUT2D eigenvalue weighted by atomic mass is 9.84. The molecule has 0 atom stereocenters. The molecule has 30 heavy (non-hydrogen) atoms. The summed E-state index contributed by atoms with van der Waals surface area (Å²) >= 11 is 0. The number of nitrogens with one attached hydrogen (secondary N) is 1. The molecule has 0 aromatic heterocycles. The number of rotatable bonds is 6. The van der Waals surface area contributed by atoms with Crippen LogP contribution >= 0.6 is 0 Å². The van der Waals surface area contributed by atoms with E-state index in [2.05, 4.69) is 21.2 Å². The van der Waals surface area contributed by atoms with Crippen LogP contribution in [0.1, 0.15) is 56.9 Å². The Morgan fingerprint density at radius 1 is 1.13 bits per heavy atom. The molecule has 1 saturated carbocycles. The standard InChI is InChI=1S/C25H36FN3O/c1-19-6-11-23(26)24(18-19)29-16-14-28(15-17-29)13-12-20-7-9-22(10-8-20)27-25(30)21-4-2-3-5-21/h4,6,11,18,20,22H,2-3,5,7-10,12-17H2,1H3,(H,27,30)/t20-,22-. The van der Waals surface area contributed by atoms with Gasteiger partial charge in [-0.2, -0.15) is 0 Å². The van der Waals surface area contributed by atoms with Crippen LogP contribution in [0.25, 0.3) is 0 Å². The zero-order chi connectivity index (χ0) is 20.9. The van der Waals surface area contributed by atoms with Gasteiger partial charge in [-0.15, -0.1) is 0 Å². The normalized spacial score (nSPS) is 25.3. The molecule has 2 aliphatic carbocycles. The van der Waals surface area contributed by atoms with Crippen LogP contribution in [0.4, 0.5) is 10.1 Å². The summed E-state index contributed by atoms with van der Waals surface area (Å²) in [7, 11) is 0. The van der Waals surface area contributed by atoms with Crippen molar-refractivity contribution in [2.24, 2.45) is 5.92 Å². The Labute approximate surface area is 180 Å². The maximum atomic E-state index is 14.2. The molecule has 0 radical (unpaired) electrons. The number of nitrogens with zero attached hydrogens (tertiary/aromatic N) is 2. The van der Waals surface area contributed by atoms with Crippen LogP contribution in [0.3, 0.4) is 0 Å². The number of amides is 1. The topological polar surface area (TPSA) is 35.6 Å². The Kier molecular flexibility index (Phi) is 7.08. The number of carbonyl (C=O) groups excluding carboxylic acids is 1. The summed E-state index contributed by atoms with van der Waals surface area (Å²) in [5, 5.41) is 3.26. The summed E-state index contributed by atoms with van der Waals surface area (Å²) in [5.41, 5.74) is 2.87. The first-order valence-corrected chi connectivity index (χ1v) is 11.8. The molecule has 1 amide bonds. The molecular formula is C25H36FN3O. The van der Waals surface area contributed by atoms with Crippen molar-refractivity contribution < 1.29 is 9.18 Å². The lowest BCUT2D eigenvalue weighted by Gasteiger charge is -2.37. The highest BCUT2D eigenvalue weighted by atomic mass is 19.1. The Bertz CT molecular complexity index is 762.